The molecule has 0 saturated carbocycles. The maximum atomic E-state index is 3.21. The van der Waals surface area contributed by atoms with Gasteiger partial charge in [0.25, 0.3) is 0 Å². The molecule has 14 heavy (non-hydrogen) atoms. The average Bonchev–Trinajstić information content (AvgIpc) is 2.24. The van der Waals surface area contributed by atoms with Crippen molar-refractivity contribution in [3.63, 3.8) is 0 Å². The fourth-order valence-electron chi connectivity index (χ4n) is 0.760. The van der Waals surface area contributed by atoms with Crippen LogP contribution in [0.1, 0.15) is 20.8 Å². The zero-order valence-corrected chi connectivity index (χ0v) is 10.8. The van der Waals surface area contributed by atoms with Gasteiger partial charge >= 0.3 is 0 Å². The van der Waals surface area contributed by atoms with Gasteiger partial charge in [-0.1, -0.05) is 32.0 Å². The average molecular weight is 213 g/mol. The molecule has 1 aromatic rings. The minimum Gasteiger partial charge on any atom is -0.385 e. The molecular formula is C12H23NS. The zero-order valence-electron chi connectivity index (χ0n) is 10.0. The summed E-state index contributed by atoms with van der Waals surface area (Å²) >= 11 is 1.75. The molecule has 0 aliphatic heterocycles. The van der Waals surface area contributed by atoms with E-state index >= 15 is 0 Å². The normalized spacial score (nSPS) is 7.50. The van der Waals surface area contributed by atoms with Crippen molar-refractivity contribution in [1.29, 1.82) is 0 Å². The predicted octanol–water partition coefficient (Wildman–Crippen LogP) is 4.12. The van der Waals surface area contributed by atoms with Crippen molar-refractivity contribution in [2.75, 3.05) is 24.4 Å². The molecule has 1 rings (SSSR count). The van der Waals surface area contributed by atoms with Crippen LogP contribution in [-0.4, -0.2) is 19.1 Å². The van der Waals surface area contributed by atoms with Gasteiger partial charge in [0, 0.05) is 12.2 Å². The molecule has 1 aromatic carbocycles. The van der Waals surface area contributed by atoms with E-state index in [0.29, 0.717) is 0 Å². The topological polar surface area (TPSA) is 12.0 Å². The fraction of sp³-hybridized carbons (Fsp3) is 0.500. The largest absolute Gasteiger partial charge is 0.385 e. The van der Waals surface area contributed by atoms with Gasteiger partial charge in [-0.3, -0.25) is 0 Å². The van der Waals surface area contributed by atoms with Gasteiger partial charge < -0.3 is 5.32 Å². The van der Waals surface area contributed by atoms with Crippen molar-refractivity contribution < 1.29 is 0 Å². The van der Waals surface area contributed by atoms with Gasteiger partial charge in [0.2, 0.25) is 0 Å². The van der Waals surface area contributed by atoms with Crippen LogP contribution in [0.25, 0.3) is 0 Å². The van der Waals surface area contributed by atoms with Crippen molar-refractivity contribution in [3.8, 4) is 0 Å². The number of benzene rings is 1. The number of hydrogen-bond donors (Lipinski definition) is 1. The summed E-state index contributed by atoms with van der Waals surface area (Å²) in [6.07, 6.45) is 4.08. The van der Waals surface area contributed by atoms with Crippen LogP contribution in [0.3, 0.4) is 0 Å². The first-order chi connectivity index (χ1) is 6.85. The van der Waals surface area contributed by atoms with Crippen LogP contribution >= 0.6 is 11.8 Å². The van der Waals surface area contributed by atoms with E-state index in [-0.39, 0.29) is 0 Å². The molecule has 0 saturated heterocycles. The summed E-state index contributed by atoms with van der Waals surface area (Å²) < 4.78 is 0. The number of para-hydroxylation sites is 1. The summed E-state index contributed by atoms with van der Waals surface area (Å²) in [6.45, 7) is 7.08. The van der Waals surface area contributed by atoms with Crippen molar-refractivity contribution in [3.05, 3.63) is 30.3 Å². The lowest BCUT2D eigenvalue weighted by atomic mass is 10.3. The molecule has 82 valence electrons. The number of nitrogens with one attached hydrogen (secondary N) is 1. The van der Waals surface area contributed by atoms with Gasteiger partial charge in [0.15, 0.2) is 0 Å². The third-order valence-electron chi connectivity index (χ3n) is 1.15. The Hall–Kier alpha value is -0.630. The monoisotopic (exact) mass is 213 g/mol. The van der Waals surface area contributed by atoms with Crippen molar-refractivity contribution in [1.82, 2.24) is 0 Å². The second-order valence-electron chi connectivity index (χ2n) is 2.30. The van der Waals surface area contributed by atoms with E-state index in [1.54, 1.807) is 11.8 Å². The summed E-state index contributed by atoms with van der Waals surface area (Å²) in [7, 11) is 0. The Balaban J connectivity index is 0. The number of rotatable bonds is 2. The van der Waals surface area contributed by atoms with Crippen LogP contribution < -0.4 is 5.32 Å². The zero-order chi connectivity index (χ0) is 11.2. The lowest BCUT2D eigenvalue weighted by Gasteiger charge is -1.99. The van der Waals surface area contributed by atoms with Crippen LogP contribution in [0.4, 0.5) is 5.69 Å². The molecule has 0 amide bonds. The molecule has 0 radical (unpaired) electrons. The molecule has 0 bridgehead atoms. The first-order valence-corrected chi connectivity index (χ1v) is 6.67. The minimum atomic E-state index is 0.990. The van der Waals surface area contributed by atoms with Crippen LogP contribution in [0.2, 0.25) is 0 Å². The van der Waals surface area contributed by atoms with Crippen LogP contribution in [0.15, 0.2) is 30.3 Å². The van der Waals surface area contributed by atoms with Gasteiger partial charge in [-0.2, -0.15) is 11.8 Å². The first-order valence-electron chi connectivity index (χ1n) is 5.04. The second-order valence-corrected chi connectivity index (χ2v) is 3.12. The third kappa shape index (κ3) is 11.4. The summed E-state index contributed by atoms with van der Waals surface area (Å²) in [6, 6.07) is 10.2. The number of anilines is 1. The van der Waals surface area contributed by atoms with E-state index in [9.17, 15) is 0 Å². The molecule has 0 aromatic heterocycles. The maximum absolute atomic E-state index is 3.21. The van der Waals surface area contributed by atoms with E-state index in [2.05, 4.69) is 24.4 Å². The van der Waals surface area contributed by atoms with Crippen LogP contribution in [-0.2, 0) is 0 Å². The third-order valence-corrected chi connectivity index (χ3v) is 1.15. The lowest BCUT2D eigenvalue weighted by Crippen LogP contribution is -1.94. The Morgan fingerprint density at radius 2 is 1.50 bits per heavy atom. The summed E-state index contributed by atoms with van der Waals surface area (Å²) in [5.41, 5.74) is 1.19. The molecule has 0 aliphatic rings. The molecule has 0 atom stereocenters. The Morgan fingerprint density at radius 3 is 1.86 bits per heavy atom. The highest BCUT2D eigenvalue weighted by Gasteiger charge is 1.81. The lowest BCUT2D eigenvalue weighted by molar-refractivity contribution is 1.21. The first kappa shape index (κ1) is 15.8. The standard InChI is InChI=1S/C8H11N.C2H6S.C2H6/c1-2-9-8-6-4-3-5-7-8;1-3-2;1-2/h3-7,9H,2H2,1H3;1-2H3;1-2H3. The van der Waals surface area contributed by atoms with Crippen LogP contribution in [0, 0.1) is 0 Å². The number of thioether (sulfide) groups is 1. The predicted molar refractivity (Wildman–Crippen MR) is 71.4 cm³/mol. The molecule has 0 spiro atoms. The highest BCUT2D eigenvalue weighted by Crippen LogP contribution is 2.02. The Morgan fingerprint density at radius 1 is 1.07 bits per heavy atom. The summed E-state index contributed by atoms with van der Waals surface area (Å²) in [4.78, 5) is 0. The highest BCUT2D eigenvalue weighted by atomic mass is 32.2. The molecule has 0 fully saturated rings. The van der Waals surface area contributed by atoms with Gasteiger partial charge in [-0.15, -0.1) is 0 Å². The van der Waals surface area contributed by atoms with Gasteiger partial charge in [-0.25, -0.2) is 0 Å². The molecule has 0 heterocycles. The molecule has 0 aliphatic carbocycles. The Labute approximate surface area is 93.3 Å². The highest BCUT2D eigenvalue weighted by molar-refractivity contribution is 7.97. The van der Waals surface area contributed by atoms with Gasteiger partial charge in [0.05, 0.1) is 0 Å². The number of hydrogen-bond acceptors (Lipinski definition) is 2. The molecule has 1 nitrogen and oxygen atoms in total. The van der Waals surface area contributed by atoms with E-state index in [4.69, 9.17) is 0 Å². The van der Waals surface area contributed by atoms with E-state index in [0.717, 1.165) is 6.54 Å². The molecule has 1 N–H and O–H groups in total. The van der Waals surface area contributed by atoms with Crippen molar-refractivity contribution in [2.24, 2.45) is 0 Å². The summed E-state index contributed by atoms with van der Waals surface area (Å²) in [5.74, 6) is 0. The van der Waals surface area contributed by atoms with Crippen molar-refractivity contribution in [2.45, 2.75) is 20.8 Å². The smallest absolute Gasteiger partial charge is 0.0340 e. The van der Waals surface area contributed by atoms with E-state index in [1.807, 2.05) is 44.6 Å². The molecule has 0 unspecified atom stereocenters. The van der Waals surface area contributed by atoms with Gasteiger partial charge in [0.1, 0.15) is 0 Å². The minimum absolute atomic E-state index is 0.990. The quantitative estimate of drug-likeness (QED) is 0.793. The maximum Gasteiger partial charge on any atom is 0.0340 e. The Bertz CT molecular complexity index is 175. The van der Waals surface area contributed by atoms with Crippen LogP contribution in [0.5, 0.6) is 0 Å². The molecular weight excluding hydrogens is 190 g/mol. The second kappa shape index (κ2) is 14.9. The van der Waals surface area contributed by atoms with Gasteiger partial charge in [-0.05, 0) is 31.6 Å². The van der Waals surface area contributed by atoms with Crippen molar-refractivity contribution >= 4 is 17.4 Å². The fourth-order valence-corrected chi connectivity index (χ4v) is 0.760. The summed E-state index contributed by atoms with van der Waals surface area (Å²) in [5, 5.41) is 3.21. The Kier molecular flexibility index (Phi) is 16.8. The molecule has 2 heteroatoms. The van der Waals surface area contributed by atoms with E-state index < -0.39 is 0 Å². The van der Waals surface area contributed by atoms with E-state index in [1.165, 1.54) is 5.69 Å². The SMILES string of the molecule is CC.CCNc1ccccc1.CSC.